The zero-order chi connectivity index (χ0) is 25.4. The number of nitrogens with one attached hydrogen (secondary N) is 2. The Morgan fingerprint density at radius 3 is 2.41 bits per heavy atom. The van der Waals surface area contributed by atoms with Crippen molar-refractivity contribution < 1.29 is 37.4 Å². The first-order chi connectivity index (χ1) is 15.6. The number of alkyl halides is 3. The maximum atomic E-state index is 13.1. The standard InChI is InChI=1S/C22H29F3N4O5/c1-19(2,33)6-7-34-18(32)28-20-11-21(12-20,13-20)29(16(30)9-27-17(26)31)10-14-4-3-5-15(8-14)22(23,24)25/h3-5,8,33H,6-7,9-13H2,1-2H3,(H,28,32)(H3,26,27,31). The molecule has 2 bridgehead atoms. The number of urea groups is 1. The molecule has 9 nitrogen and oxygen atoms in total. The van der Waals surface area contributed by atoms with E-state index in [9.17, 15) is 32.7 Å². The second kappa shape index (κ2) is 8.97. The lowest BCUT2D eigenvalue weighted by Gasteiger charge is -2.73. The van der Waals surface area contributed by atoms with E-state index in [1.54, 1.807) is 13.8 Å². The smallest absolute Gasteiger partial charge is 0.416 e. The highest BCUT2D eigenvalue weighted by molar-refractivity contribution is 5.84. The molecule has 3 saturated carbocycles. The summed E-state index contributed by atoms with van der Waals surface area (Å²) in [5, 5.41) is 14.7. The first-order valence-electron chi connectivity index (χ1n) is 10.8. The van der Waals surface area contributed by atoms with Gasteiger partial charge in [0.1, 0.15) is 0 Å². The Bertz CT molecular complexity index is 941. The third-order valence-electron chi connectivity index (χ3n) is 6.20. The van der Waals surface area contributed by atoms with Crippen molar-refractivity contribution in [3.8, 4) is 0 Å². The third kappa shape index (κ3) is 5.91. The van der Waals surface area contributed by atoms with Crippen LogP contribution in [0, 0.1) is 0 Å². The predicted octanol–water partition coefficient (Wildman–Crippen LogP) is 2.26. The van der Waals surface area contributed by atoms with E-state index in [0.717, 1.165) is 12.1 Å². The lowest BCUT2D eigenvalue weighted by molar-refractivity contribution is -0.189. The minimum absolute atomic E-state index is 0.0372. The Labute approximate surface area is 194 Å². The fraction of sp³-hybridized carbons (Fsp3) is 0.591. The summed E-state index contributed by atoms with van der Waals surface area (Å²) in [6.45, 7) is 2.75. The number of carbonyl (C=O) groups is 3. The molecular formula is C22H29F3N4O5. The van der Waals surface area contributed by atoms with Gasteiger partial charge in [-0.3, -0.25) is 4.79 Å². The van der Waals surface area contributed by atoms with Gasteiger partial charge in [0.15, 0.2) is 0 Å². The number of alkyl carbamates (subject to hydrolysis) is 1. The molecule has 1 aromatic rings. The van der Waals surface area contributed by atoms with Gasteiger partial charge in [-0.2, -0.15) is 13.2 Å². The molecule has 0 atom stereocenters. The Balaban J connectivity index is 1.65. The number of carbonyl (C=O) groups excluding carboxylic acids is 3. The molecule has 0 radical (unpaired) electrons. The number of hydrogen-bond acceptors (Lipinski definition) is 5. The molecule has 188 valence electrons. The number of benzene rings is 1. The van der Waals surface area contributed by atoms with E-state index < -0.39 is 53.0 Å². The molecule has 4 amide bonds. The molecule has 3 aliphatic rings. The van der Waals surface area contributed by atoms with Gasteiger partial charge in [-0.1, -0.05) is 12.1 Å². The number of nitrogens with two attached hydrogens (primary N) is 1. The van der Waals surface area contributed by atoms with Crippen LogP contribution in [0.4, 0.5) is 22.8 Å². The molecular weight excluding hydrogens is 457 g/mol. The van der Waals surface area contributed by atoms with Crippen LogP contribution in [-0.2, 0) is 22.3 Å². The van der Waals surface area contributed by atoms with E-state index in [1.807, 2.05) is 0 Å². The molecule has 3 fully saturated rings. The number of nitrogens with zero attached hydrogens (tertiary/aromatic N) is 1. The normalized spacial score (nSPS) is 23.2. The van der Waals surface area contributed by atoms with E-state index in [-0.39, 0.29) is 19.6 Å². The van der Waals surface area contributed by atoms with Crippen LogP contribution in [0.15, 0.2) is 24.3 Å². The van der Waals surface area contributed by atoms with E-state index in [1.165, 1.54) is 17.0 Å². The monoisotopic (exact) mass is 486 g/mol. The molecule has 4 rings (SSSR count). The molecule has 5 N–H and O–H groups in total. The molecule has 3 aliphatic carbocycles. The van der Waals surface area contributed by atoms with Crippen LogP contribution in [0.5, 0.6) is 0 Å². The molecule has 0 heterocycles. The van der Waals surface area contributed by atoms with Crippen molar-refractivity contribution in [3.05, 3.63) is 35.4 Å². The van der Waals surface area contributed by atoms with Crippen LogP contribution in [0.1, 0.15) is 50.7 Å². The Hall–Kier alpha value is -3.02. The van der Waals surface area contributed by atoms with Crippen LogP contribution in [-0.4, -0.2) is 57.9 Å². The minimum atomic E-state index is -4.52. The van der Waals surface area contributed by atoms with Gasteiger partial charge in [0.25, 0.3) is 0 Å². The summed E-state index contributed by atoms with van der Waals surface area (Å²) in [5.41, 5.74) is 2.34. The quantitative estimate of drug-likeness (QED) is 0.425. The highest BCUT2D eigenvalue weighted by atomic mass is 19.4. The highest BCUT2D eigenvalue weighted by Crippen LogP contribution is 2.64. The van der Waals surface area contributed by atoms with Gasteiger partial charge in [0, 0.05) is 13.0 Å². The number of rotatable bonds is 9. The van der Waals surface area contributed by atoms with Crippen molar-refractivity contribution in [3.63, 3.8) is 0 Å². The Kier molecular flexibility index (Phi) is 6.75. The predicted molar refractivity (Wildman–Crippen MR) is 114 cm³/mol. The summed E-state index contributed by atoms with van der Waals surface area (Å²) in [4.78, 5) is 37.5. The van der Waals surface area contributed by atoms with E-state index in [4.69, 9.17) is 10.5 Å². The van der Waals surface area contributed by atoms with Gasteiger partial charge in [-0.05, 0) is 50.8 Å². The van der Waals surface area contributed by atoms with E-state index in [2.05, 4.69) is 10.6 Å². The van der Waals surface area contributed by atoms with E-state index in [0.29, 0.717) is 24.8 Å². The number of hydrogen-bond donors (Lipinski definition) is 4. The average Bonchev–Trinajstić information content (AvgIpc) is 2.65. The summed E-state index contributed by atoms with van der Waals surface area (Å²) in [6.07, 6.45) is -3.67. The fourth-order valence-electron chi connectivity index (χ4n) is 4.61. The van der Waals surface area contributed by atoms with Gasteiger partial charge in [0.05, 0.1) is 35.4 Å². The Morgan fingerprint density at radius 2 is 1.85 bits per heavy atom. The lowest BCUT2D eigenvalue weighted by Crippen LogP contribution is -2.84. The maximum Gasteiger partial charge on any atom is 0.416 e. The number of aliphatic hydroxyl groups is 1. The maximum absolute atomic E-state index is 13.1. The number of primary amides is 1. The first-order valence-corrected chi connectivity index (χ1v) is 10.8. The Morgan fingerprint density at radius 1 is 1.21 bits per heavy atom. The molecule has 1 aromatic carbocycles. The zero-order valence-corrected chi connectivity index (χ0v) is 19.0. The van der Waals surface area contributed by atoms with Crippen molar-refractivity contribution in [1.29, 1.82) is 0 Å². The van der Waals surface area contributed by atoms with Gasteiger partial charge < -0.3 is 31.1 Å². The van der Waals surface area contributed by atoms with Gasteiger partial charge in [0.2, 0.25) is 5.91 Å². The second-order valence-corrected chi connectivity index (χ2v) is 9.75. The summed E-state index contributed by atoms with van der Waals surface area (Å²) in [6, 6.07) is 3.82. The molecule has 12 heteroatoms. The molecule has 0 spiro atoms. The molecule has 0 saturated heterocycles. The van der Waals surface area contributed by atoms with Crippen molar-refractivity contribution >= 4 is 18.0 Å². The second-order valence-electron chi connectivity index (χ2n) is 9.75. The summed E-state index contributed by atoms with van der Waals surface area (Å²) < 4.78 is 44.4. The number of ether oxygens (including phenoxy) is 1. The van der Waals surface area contributed by atoms with E-state index >= 15 is 0 Å². The van der Waals surface area contributed by atoms with Crippen LogP contribution in [0.25, 0.3) is 0 Å². The van der Waals surface area contributed by atoms with Gasteiger partial charge in [-0.15, -0.1) is 0 Å². The third-order valence-corrected chi connectivity index (χ3v) is 6.20. The van der Waals surface area contributed by atoms with Crippen molar-refractivity contribution in [2.45, 2.75) is 68.9 Å². The summed E-state index contributed by atoms with van der Waals surface area (Å²) in [5.74, 6) is -0.489. The van der Waals surface area contributed by atoms with Gasteiger partial charge in [-0.25, -0.2) is 9.59 Å². The minimum Gasteiger partial charge on any atom is -0.449 e. The lowest BCUT2D eigenvalue weighted by atomic mass is 9.43. The first kappa shape index (κ1) is 25.6. The van der Waals surface area contributed by atoms with Crippen LogP contribution in [0.2, 0.25) is 0 Å². The summed E-state index contributed by atoms with van der Waals surface area (Å²) in [7, 11) is 0. The van der Waals surface area contributed by atoms with Crippen molar-refractivity contribution in [2.24, 2.45) is 5.73 Å². The van der Waals surface area contributed by atoms with Crippen LogP contribution in [0.3, 0.4) is 0 Å². The van der Waals surface area contributed by atoms with Crippen molar-refractivity contribution in [2.75, 3.05) is 13.2 Å². The van der Waals surface area contributed by atoms with Crippen LogP contribution >= 0.6 is 0 Å². The largest absolute Gasteiger partial charge is 0.449 e. The molecule has 34 heavy (non-hydrogen) atoms. The fourth-order valence-corrected chi connectivity index (χ4v) is 4.61. The number of halogens is 3. The highest BCUT2D eigenvalue weighted by Gasteiger charge is 2.72. The van der Waals surface area contributed by atoms with Crippen LogP contribution < -0.4 is 16.4 Å². The topological polar surface area (TPSA) is 134 Å². The molecule has 0 aliphatic heterocycles. The zero-order valence-electron chi connectivity index (χ0n) is 19.0. The summed E-state index contributed by atoms with van der Waals surface area (Å²) >= 11 is 0. The molecule has 0 unspecified atom stereocenters. The molecule has 0 aromatic heterocycles. The number of amides is 4. The van der Waals surface area contributed by atoms with Crippen molar-refractivity contribution in [1.82, 2.24) is 15.5 Å². The SMILES string of the molecule is CC(C)(O)CCOC(=O)NC12CC(N(Cc3cccc(C(F)(F)F)c3)C(=O)CNC(N)=O)(C1)C2. The van der Waals surface area contributed by atoms with Gasteiger partial charge >= 0.3 is 18.3 Å². The average molecular weight is 486 g/mol.